The summed E-state index contributed by atoms with van der Waals surface area (Å²) in [4.78, 5) is 23.5. The van der Waals surface area contributed by atoms with E-state index in [9.17, 15) is 18.0 Å². The number of amides is 2. The number of carbonyl (C=O) groups excluding carboxylic acids is 2. The molecule has 0 bridgehead atoms. The Bertz CT molecular complexity index is 677. The van der Waals surface area contributed by atoms with Crippen LogP contribution in [0.3, 0.4) is 0 Å². The minimum absolute atomic E-state index is 0.0680. The Balaban J connectivity index is 2.81. The summed E-state index contributed by atoms with van der Waals surface area (Å²) >= 11 is 1.48. The van der Waals surface area contributed by atoms with E-state index in [4.69, 9.17) is 0 Å². The number of rotatable bonds is 8. The minimum atomic E-state index is -3.86. The molecule has 0 saturated heterocycles. The first kappa shape index (κ1) is 21.3. The first-order chi connectivity index (χ1) is 11.8. The van der Waals surface area contributed by atoms with Gasteiger partial charge >= 0.3 is 6.09 Å². The van der Waals surface area contributed by atoms with Crippen molar-refractivity contribution in [1.29, 1.82) is 0 Å². The monoisotopic (exact) mass is 389 g/mol. The zero-order valence-electron chi connectivity index (χ0n) is 14.4. The van der Waals surface area contributed by atoms with Gasteiger partial charge in [0.25, 0.3) is 5.91 Å². The number of hydrazine groups is 1. The van der Waals surface area contributed by atoms with E-state index in [0.29, 0.717) is 5.75 Å². The first-order valence-electron chi connectivity index (χ1n) is 7.60. The van der Waals surface area contributed by atoms with Crippen molar-refractivity contribution in [3.63, 3.8) is 0 Å². The molecule has 0 aliphatic carbocycles. The van der Waals surface area contributed by atoms with Crippen molar-refractivity contribution in [1.82, 2.24) is 15.6 Å². The average Bonchev–Trinajstić information content (AvgIpc) is 2.57. The number of thioether (sulfide) groups is 1. The van der Waals surface area contributed by atoms with E-state index in [1.807, 2.05) is 13.2 Å². The third-order valence-electron chi connectivity index (χ3n) is 3.12. The predicted molar refractivity (Wildman–Crippen MR) is 96.6 cm³/mol. The molecule has 10 heteroatoms. The molecule has 0 fully saturated rings. The standard InChI is InChI=1S/C15H23N3O5S2/c1-4-23-15(20)17-16-14(19)13(9-10-24-3)18-25(21,22)12-7-5-11(2)6-8-12/h5-8,13,18H,4,9-10H2,1-3H3,(H,16,19)(H,17,20). The van der Waals surface area contributed by atoms with Crippen LogP contribution in [0.5, 0.6) is 0 Å². The molecular formula is C15H23N3O5S2. The molecule has 0 aromatic heterocycles. The fourth-order valence-electron chi connectivity index (χ4n) is 1.82. The largest absolute Gasteiger partial charge is 0.449 e. The van der Waals surface area contributed by atoms with Gasteiger partial charge in [-0.15, -0.1) is 0 Å². The summed E-state index contributed by atoms with van der Waals surface area (Å²) in [6.45, 7) is 3.62. The number of hydrogen-bond donors (Lipinski definition) is 3. The summed E-state index contributed by atoms with van der Waals surface area (Å²) < 4.78 is 31.9. The van der Waals surface area contributed by atoms with Gasteiger partial charge in [-0.05, 0) is 44.4 Å². The van der Waals surface area contributed by atoms with Gasteiger partial charge in [-0.3, -0.25) is 10.2 Å². The maximum Gasteiger partial charge on any atom is 0.426 e. The quantitative estimate of drug-likeness (QED) is 0.575. The van der Waals surface area contributed by atoms with E-state index >= 15 is 0 Å². The van der Waals surface area contributed by atoms with Crippen LogP contribution in [0.1, 0.15) is 18.9 Å². The number of ether oxygens (including phenoxy) is 1. The molecule has 0 heterocycles. The summed E-state index contributed by atoms with van der Waals surface area (Å²) in [7, 11) is -3.86. The van der Waals surface area contributed by atoms with E-state index in [1.54, 1.807) is 19.1 Å². The molecule has 0 saturated carbocycles. The van der Waals surface area contributed by atoms with Crippen LogP contribution in [0.25, 0.3) is 0 Å². The molecule has 1 unspecified atom stereocenters. The van der Waals surface area contributed by atoms with Crippen LogP contribution in [0.15, 0.2) is 29.2 Å². The van der Waals surface area contributed by atoms with E-state index in [2.05, 4.69) is 20.3 Å². The van der Waals surface area contributed by atoms with Gasteiger partial charge in [0, 0.05) is 0 Å². The number of nitrogens with one attached hydrogen (secondary N) is 3. The lowest BCUT2D eigenvalue weighted by Gasteiger charge is -2.18. The van der Waals surface area contributed by atoms with E-state index in [0.717, 1.165) is 5.56 Å². The number of aryl methyl sites for hydroxylation is 1. The average molecular weight is 389 g/mol. The lowest BCUT2D eigenvalue weighted by Crippen LogP contribution is -2.52. The van der Waals surface area contributed by atoms with Gasteiger partial charge < -0.3 is 4.74 Å². The molecule has 0 spiro atoms. The zero-order chi connectivity index (χ0) is 18.9. The van der Waals surface area contributed by atoms with Crippen molar-refractivity contribution in [2.75, 3.05) is 18.6 Å². The van der Waals surface area contributed by atoms with Crippen molar-refractivity contribution in [2.24, 2.45) is 0 Å². The van der Waals surface area contributed by atoms with Crippen LogP contribution < -0.4 is 15.6 Å². The van der Waals surface area contributed by atoms with Crippen LogP contribution in [0.4, 0.5) is 4.79 Å². The van der Waals surface area contributed by atoms with E-state index < -0.39 is 28.1 Å². The molecule has 0 aliphatic heterocycles. The van der Waals surface area contributed by atoms with Gasteiger partial charge in [0.1, 0.15) is 6.04 Å². The maximum atomic E-state index is 12.5. The van der Waals surface area contributed by atoms with Crippen LogP contribution in [-0.4, -0.2) is 45.1 Å². The highest BCUT2D eigenvalue weighted by Crippen LogP contribution is 2.12. The highest BCUT2D eigenvalue weighted by atomic mass is 32.2. The summed E-state index contributed by atoms with van der Waals surface area (Å²) in [5, 5.41) is 0. The van der Waals surface area contributed by atoms with Gasteiger partial charge in [0.05, 0.1) is 11.5 Å². The number of benzene rings is 1. The molecule has 1 aromatic carbocycles. The lowest BCUT2D eigenvalue weighted by molar-refractivity contribution is -0.123. The Hall–Kier alpha value is -1.78. The highest BCUT2D eigenvalue weighted by molar-refractivity contribution is 7.98. The Labute approximate surface area is 152 Å². The number of hydrogen-bond acceptors (Lipinski definition) is 6. The molecule has 2 amide bonds. The Morgan fingerprint density at radius 3 is 2.40 bits per heavy atom. The second-order valence-electron chi connectivity index (χ2n) is 5.10. The fraction of sp³-hybridized carbons (Fsp3) is 0.467. The Morgan fingerprint density at radius 1 is 1.20 bits per heavy atom. The van der Waals surface area contributed by atoms with Gasteiger partial charge in [0.2, 0.25) is 10.0 Å². The Morgan fingerprint density at radius 2 is 1.84 bits per heavy atom. The summed E-state index contributed by atoms with van der Waals surface area (Å²) in [6, 6.07) is 5.26. The zero-order valence-corrected chi connectivity index (χ0v) is 16.0. The second kappa shape index (κ2) is 10.3. The fourth-order valence-corrected chi connectivity index (χ4v) is 3.52. The molecule has 1 rings (SSSR count). The summed E-state index contributed by atoms with van der Waals surface area (Å²) in [6.07, 6.45) is 1.30. The van der Waals surface area contributed by atoms with Crippen LogP contribution in [-0.2, 0) is 19.6 Å². The molecule has 0 aliphatic rings. The first-order valence-corrected chi connectivity index (χ1v) is 10.5. The molecule has 3 N–H and O–H groups in total. The number of sulfonamides is 1. The van der Waals surface area contributed by atoms with Crippen molar-refractivity contribution < 1.29 is 22.7 Å². The minimum Gasteiger partial charge on any atom is -0.449 e. The molecule has 1 atom stereocenters. The highest BCUT2D eigenvalue weighted by Gasteiger charge is 2.25. The third kappa shape index (κ3) is 7.32. The smallest absolute Gasteiger partial charge is 0.426 e. The SMILES string of the molecule is CCOC(=O)NNC(=O)C(CCSC)NS(=O)(=O)c1ccc(C)cc1. The van der Waals surface area contributed by atoms with Gasteiger partial charge in [-0.25, -0.2) is 18.6 Å². The van der Waals surface area contributed by atoms with Crippen LogP contribution in [0.2, 0.25) is 0 Å². The van der Waals surface area contributed by atoms with Crippen molar-refractivity contribution >= 4 is 33.8 Å². The molecule has 8 nitrogen and oxygen atoms in total. The van der Waals surface area contributed by atoms with Crippen molar-refractivity contribution in [3.05, 3.63) is 29.8 Å². The third-order valence-corrected chi connectivity index (χ3v) is 5.25. The normalized spacial score (nSPS) is 12.3. The molecular weight excluding hydrogens is 366 g/mol. The van der Waals surface area contributed by atoms with Crippen molar-refractivity contribution in [3.8, 4) is 0 Å². The van der Waals surface area contributed by atoms with Gasteiger partial charge in [0.15, 0.2) is 0 Å². The molecule has 1 aromatic rings. The van der Waals surface area contributed by atoms with Crippen LogP contribution >= 0.6 is 11.8 Å². The van der Waals surface area contributed by atoms with E-state index in [-0.39, 0.29) is 17.9 Å². The topological polar surface area (TPSA) is 114 Å². The predicted octanol–water partition coefficient (Wildman–Crippen LogP) is 1.17. The number of carbonyl (C=O) groups is 2. The van der Waals surface area contributed by atoms with Crippen molar-refractivity contribution in [2.45, 2.75) is 31.2 Å². The second-order valence-corrected chi connectivity index (χ2v) is 7.80. The van der Waals surface area contributed by atoms with Gasteiger partial charge in [-0.2, -0.15) is 16.5 Å². The lowest BCUT2D eigenvalue weighted by atomic mass is 10.2. The summed E-state index contributed by atoms with van der Waals surface area (Å²) in [5.74, 6) is -0.105. The molecule has 25 heavy (non-hydrogen) atoms. The molecule has 140 valence electrons. The maximum absolute atomic E-state index is 12.5. The summed E-state index contributed by atoms with van der Waals surface area (Å²) in [5.41, 5.74) is 5.16. The van der Waals surface area contributed by atoms with Gasteiger partial charge in [-0.1, -0.05) is 17.7 Å². The van der Waals surface area contributed by atoms with E-state index in [1.165, 1.54) is 23.9 Å². The Kier molecular flexibility index (Phi) is 8.73. The van der Waals surface area contributed by atoms with Crippen LogP contribution in [0, 0.1) is 6.92 Å². The molecule has 0 radical (unpaired) electrons.